The molecular weight excluding hydrogens is 504 g/mol. The average Bonchev–Trinajstić information content (AvgIpc) is 2.92. The number of carbonyl (C=O) groups excluding carboxylic acids is 2. The van der Waals surface area contributed by atoms with Crippen molar-refractivity contribution in [1.82, 2.24) is 0 Å². The predicted octanol–water partition coefficient (Wildman–Crippen LogP) is 10.8. The Labute approximate surface area is 251 Å². The van der Waals surface area contributed by atoms with E-state index in [-0.39, 0.29) is 17.5 Å². The summed E-state index contributed by atoms with van der Waals surface area (Å²) in [6.45, 7) is 12.8. The Morgan fingerprint density at radius 3 is 2.22 bits per heavy atom. The minimum absolute atomic E-state index is 0.0423. The van der Waals surface area contributed by atoms with Gasteiger partial charge in [0.15, 0.2) is 0 Å². The average molecular weight is 561 g/mol. The zero-order chi connectivity index (χ0) is 30.3. The van der Waals surface area contributed by atoms with E-state index in [0.29, 0.717) is 6.42 Å². The Kier molecular flexibility index (Phi) is 19.2. The van der Waals surface area contributed by atoms with Gasteiger partial charge in [-0.05, 0) is 100 Å². The zero-order valence-corrected chi connectivity index (χ0v) is 26.8. The standard InChI is InChI=1S/C38H56O3/c1-7-8-9-10-11-12-13-14-15-16-17-18-19-20-21-25-37(40)41-36-28-30-38(5,6)35(34(36)4)27-26-32(2)23-22-24-33(3)29-31-39/h8-9,11-12,14-15,22-24,26-27,29,31,36H,7,10,13,16-21,25,28,30H2,1-6H3. The van der Waals surface area contributed by atoms with E-state index >= 15 is 0 Å². The molecule has 0 amide bonds. The number of carbonyl (C=O) groups is 2. The molecule has 0 spiro atoms. The van der Waals surface area contributed by atoms with Crippen LogP contribution in [-0.4, -0.2) is 18.4 Å². The molecule has 0 radical (unpaired) electrons. The molecule has 0 aromatic carbocycles. The lowest BCUT2D eigenvalue weighted by Gasteiger charge is -2.37. The molecule has 0 aliphatic heterocycles. The van der Waals surface area contributed by atoms with Crippen LogP contribution in [0.15, 0.2) is 95.2 Å². The highest BCUT2D eigenvalue weighted by atomic mass is 16.5. The lowest BCUT2D eigenvalue weighted by Crippen LogP contribution is -2.30. The van der Waals surface area contributed by atoms with E-state index in [9.17, 15) is 9.59 Å². The number of hydrogen-bond acceptors (Lipinski definition) is 3. The highest BCUT2D eigenvalue weighted by molar-refractivity contribution is 5.70. The highest BCUT2D eigenvalue weighted by Gasteiger charge is 2.33. The molecule has 226 valence electrons. The molecule has 41 heavy (non-hydrogen) atoms. The molecule has 0 saturated carbocycles. The van der Waals surface area contributed by atoms with Crippen molar-refractivity contribution >= 4 is 12.3 Å². The molecule has 1 atom stereocenters. The van der Waals surface area contributed by atoms with Gasteiger partial charge in [-0.15, -0.1) is 0 Å². The first-order valence-corrected chi connectivity index (χ1v) is 15.7. The second-order valence-corrected chi connectivity index (χ2v) is 11.7. The first-order chi connectivity index (χ1) is 19.7. The fraction of sp³-hybridized carbons (Fsp3) is 0.526. The van der Waals surface area contributed by atoms with Crippen LogP contribution in [0.25, 0.3) is 0 Å². The Hall–Kier alpha value is -2.94. The Balaban J connectivity index is 2.42. The Morgan fingerprint density at radius 2 is 1.51 bits per heavy atom. The second-order valence-electron chi connectivity index (χ2n) is 11.7. The zero-order valence-electron chi connectivity index (χ0n) is 26.8. The SMILES string of the molecule is CCC=CCC=CCC=CCCCCCCCC(=O)OC1CCC(C)(C)C(C=CC(C)=CC=CC(C)=CC=O)=C1C. The number of ether oxygens (including phenoxy) is 1. The van der Waals surface area contributed by atoms with Gasteiger partial charge in [0.05, 0.1) is 0 Å². The molecule has 0 aromatic rings. The van der Waals surface area contributed by atoms with E-state index in [2.05, 4.69) is 83.2 Å². The van der Waals surface area contributed by atoms with E-state index in [4.69, 9.17) is 4.74 Å². The second kappa shape index (κ2) is 21.8. The summed E-state index contributed by atoms with van der Waals surface area (Å²) in [6, 6.07) is 0. The summed E-state index contributed by atoms with van der Waals surface area (Å²) >= 11 is 0. The molecule has 1 aliphatic rings. The molecule has 0 saturated heterocycles. The molecule has 0 heterocycles. The van der Waals surface area contributed by atoms with Crippen LogP contribution in [0.2, 0.25) is 0 Å². The van der Waals surface area contributed by atoms with E-state index in [1.54, 1.807) is 6.08 Å². The summed E-state index contributed by atoms with van der Waals surface area (Å²) in [5, 5.41) is 0. The van der Waals surface area contributed by atoms with Gasteiger partial charge in [0, 0.05) is 6.42 Å². The molecule has 3 heteroatoms. The van der Waals surface area contributed by atoms with Gasteiger partial charge in [0.1, 0.15) is 12.4 Å². The van der Waals surface area contributed by atoms with Crippen LogP contribution < -0.4 is 0 Å². The van der Waals surface area contributed by atoms with Gasteiger partial charge in [0.25, 0.3) is 0 Å². The number of allylic oxidation sites excluding steroid dienone is 15. The van der Waals surface area contributed by atoms with Crippen molar-refractivity contribution in [2.24, 2.45) is 5.41 Å². The van der Waals surface area contributed by atoms with E-state index in [1.165, 1.54) is 24.8 Å². The lowest BCUT2D eigenvalue weighted by molar-refractivity contribution is -0.148. The van der Waals surface area contributed by atoms with Crippen LogP contribution in [0.5, 0.6) is 0 Å². The molecule has 0 N–H and O–H groups in total. The van der Waals surface area contributed by atoms with Crippen molar-refractivity contribution in [3.05, 3.63) is 95.2 Å². The quantitative estimate of drug-likeness (QED) is 0.0394. The summed E-state index contributed by atoms with van der Waals surface area (Å²) < 4.78 is 5.96. The monoisotopic (exact) mass is 560 g/mol. The highest BCUT2D eigenvalue weighted by Crippen LogP contribution is 2.42. The van der Waals surface area contributed by atoms with E-state index in [0.717, 1.165) is 74.4 Å². The normalized spacial score (nSPS) is 18.6. The van der Waals surface area contributed by atoms with Crippen LogP contribution in [-0.2, 0) is 14.3 Å². The fourth-order valence-corrected chi connectivity index (χ4v) is 4.95. The van der Waals surface area contributed by atoms with Gasteiger partial charge in [-0.2, -0.15) is 0 Å². The third kappa shape index (κ3) is 16.8. The topological polar surface area (TPSA) is 43.4 Å². The third-order valence-corrected chi connectivity index (χ3v) is 7.54. The van der Waals surface area contributed by atoms with Gasteiger partial charge < -0.3 is 4.74 Å². The number of rotatable bonds is 19. The minimum atomic E-state index is -0.134. The van der Waals surface area contributed by atoms with Crippen LogP contribution in [0, 0.1) is 5.41 Å². The molecule has 3 nitrogen and oxygen atoms in total. The minimum Gasteiger partial charge on any atom is -0.458 e. The van der Waals surface area contributed by atoms with Crippen molar-refractivity contribution in [3.8, 4) is 0 Å². The molecule has 0 bridgehead atoms. The van der Waals surface area contributed by atoms with Crippen molar-refractivity contribution in [2.45, 2.75) is 125 Å². The van der Waals surface area contributed by atoms with Crippen LogP contribution in [0.3, 0.4) is 0 Å². The summed E-state index contributed by atoms with van der Waals surface area (Å²) in [5.74, 6) is -0.0708. The van der Waals surface area contributed by atoms with Crippen LogP contribution in [0.4, 0.5) is 0 Å². The molecule has 1 aliphatic carbocycles. The fourth-order valence-electron chi connectivity index (χ4n) is 4.95. The number of hydrogen-bond donors (Lipinski definition) is 0. The van der Waals surface area contributed by atoms with Crippen molar-refractivity contribution < 1.29 is 14.3 Å². The van der Waals surface area contributed by atoms with Crippen LogP contribution >= 0.6 is 0 Å². The summed E-state index contributed by atoms with van der Waals surface area (Å²) in [6.07, 6.45) is 38.1. The number of aldehydes is 1. The largest absolute Gasteiger partial charge is 0.458 e. The maximum absolute atomic E-state index is 12.6. The molecule has 0 fully saturated rings. The van der Waals surface area contributed by atoms with Crippen LogP contribution in [0.1, 0.15) is 119 Å². The molecule has 1 unspecified atom stereocenters. The van der Waals surface area contributed by atoms with E-state index in [1.807, 2.05) is 25.2 Å². The van der Waals surface area contributed by atoms with Gasteiger partial charge in [-0.1, -0.05) is 112 Å². The van der Waals surface area contributed by atoms with Gasteiger partial charge >= 0.3 is 5.97 Å². The Bertz CT molecular complexity index is 1020. The predicted molar refractivity (Wildman–Crippen MR) is 177 cm³/mol. The molecular formula is C38H56O3. The maximum Gasteiger partial charge on any atom is 0.306 e. The summed E-state index contributed by atoms with van der Waals surface area (Å²) in [4.78, 5) is 23.2. The Morgan fingerprint density at radius 1 is 0.878 bits per heavy atom. The molecule has 0 aromatic heterocycles. The van der Waals surface area contributed by atoms with Crippen molar-refractivity contribution in [2.75, 3.05) is 0 Å². The third-order valence-electron chi connectivity index (χ3n) is 7.54. The van der Waals surface area contributed by atoms with Crippen molar-refractivity contribution in [3.63, 3.8) is 0 Å². The van der Waals surface area contributed by atoms with Gasteiger partial charge in [0.2, 0.25) is 0 Å². The summed E-state index contributed by atoms with van der Waals surface area (Å²) in [7, 11) is 0. The first kappa shape index (κ1) is 36.1. The lowest BCUT2D eigenvalue weighted by atomic mass is 9.71. The first-order valence-electron chi connectivity index (χ1n) is 15.7. The van der Waals surface area contributed by atoms with Gasteiger partial charge in [-0.3, -0.25) is 9.59 Å². The van der Waals surface area contributed by atoms with E-state index < -0.39 is 0 Å². The smallest absolute Gasteiger partial charge is 0.306 e. The number of esters is 1. The maximum atomic E-state index is 12.6. The summed E-state index contributed by atoms with van der Waals surface area (Å²) in [5.41, 5.74) is 4.50. The van der Waals surface area contributed by atoms with Gasteiger partial charge in [-0.25, -0.2) is 0 Å². The molecule has 1 rings (SSSR count). The van der Waals surface area contributed by atoms with Crippen molar-refractivity contribution in [1.29, 1.82) is 0 Å². The number of unbranched alkanes of at least 4 members (excludes halogenated alkanes) is 5.